The minimum Gasteiger partial charge on any atom is -0.469 e. The third-order valence-corrected chi connectivity index (χ3v) is 12.4. The Morgan fingerprint density at radius 2 is 0.800 bits per heavy atom. The van der Waals surface area contributed by atoms with Gasteiger partial charge >= 0.3 is 5.97 Å². The average molecular weight is 1020 g/mol. The number of carbonyl (C=O) groups excluding carboxylic acids is 3. The van der Waals surface area contributed by atoms with Crippen molar-refractivity contribution in [1.82, 2.24) is 10.6 Å². The van der Waals surface area contributed by atoms with Crippen molar-refractivity contribution < 1.29 is 138 Å². The highest BCUT2D eigenvalue weighted by molar-refractivity contribution is 5.73. The molecule has 5 saturated heterocycles. The normalized spacial score (nSPS) is 44.6. The molecule has 0 spiro atoms. The van der Waals surface area contributed by atoms with Gasteiger partial charge in [0, 0.05) is 26.9 Å². The lowest BCUT2D eigenvalue weighted by Crippen LogP contribution is -2.71. The van der Waals surface area contributed by atoms with Gasteiger partial charge in [-0.1, -0.05) is 0 Å². The van der Waals surface area contributed by atoms with Crippen molar-refractivity contribution in [3.63, 3.8) is 0 Å². The quantitative estimate of drug-likeness (QED) is 0.0375. The number of rotatable bonds is 21. The van der Waals surface area contributed by atoms with E-state index in [9.17, 15) is 85.9 Å². The van der Waals surface area contributed by atoms with Crippen LogP contribution in [0.5, 0.6) is 0 Å². The van der Waals surface area contributed by atoms with E-state index in [0.29, 0.717) is 0 Å². The topological polar surface area (TPSA) is 460 Å². The Kier molecular flexibility index (Phi) is 22.2. The second-order valence-electron chi connectivity index (χ2n) is 17.3. The largest absolute Gasteiger partial charge is 0.469 e. The van der Waals surface area contributed by atoms with Gasteiger partial charge in [-0.05, 0) is 12.8 Å². The molecule has 5 aliphatic heterocycles. The van der Waals surface area contributed by atoms with E-state index < -0.39 is 204 Å². The molecule has 30 nitrogen and oxygen atoms in total. The van der Waals surface area contributed by atoms with Crippen LogP contribution >= 0.6 is 0 Å². The van der Waals surface area contributed by atoms with Crippen LogP contribution in [0.3, 0.4) is 0 Å². The summed E-state index contributed by atoms with van der Waals surface area (Å²) < 4.78 is 63.7. The average Bonchev–Trinajstić information content (AvgIpc) is 3.33. The van der Waals surface area contributed by atoms with E-state index in [1.54, 1.807) is 0 Å². The van der Waals surface area contributed by atoms with Gasteiger partial charge in [-0.2, -0.15) is 0 Å². The fraction of sp³-hybridized carbons (Fsp3) is 0.925. The maximum Gasteiger partial charge on any atom is 0.305 e. The maximum absolute atomic E-state index is 12.7. The van der Waals surface area contributed by atoms with Crippen molar-refractivity contribution in [1.29, 1.82) is 0 Å². The molecule has 406 valence electrons. The van der Waals surface area contributed by atoms with Crippen LogP contribution in [0, 0.1) is 0 Å². The molecule has 5 rings (SSSR count). The minimum absolute atomic E-state index is 0.0187. The standard InChI is InChI=1S/C40H68N2O28/c1-13(48)41-21-26(54)32(67-38-30(58)28(56)23(51)15(8-43)62-38)18(11-46)65-36(21)69-34-25(53)17(10-45)64-40(61-7-5-4-6-20(50)60-3)35(34)70-37-22(42-14(2)49)27(55)33(19(12-47)66-37)68-39-31(59)29(57)24(52)16(9-44)63-39/h15-19,21-40,43-47,51-59H,4-12H2,1-3H3,(H,41,48)(H,42,49)/t15-,16-,17-,18-,19-,21-,22-,23+,24+,25+,26-,27-,28+,29+,30-,31-,32-,33-,34+,35-,36+,37+,38+,39+,40-/m1/s1. The molecule has 25 atom stereocenters. The lowest BCUT2D eigenvalue weighted by molar-refractivity contribution is -0.391. The molecule has 0 saturated carbocycles. The lowest BCUT2D eigenvalue weighted by Gasteiger charge is -2.51. The Hall–Kier alpha value is -2.55. The zero-order chi connectivity index (χ0) is 51.7. The van der Waals surface area contributed by atoms with Crippen molar-refractivity contribution in [2.75, 3.05) is 46.8 Å². The third kappa shape index (κ3) is 13.6. The summed E-state index contributed by atoms with van der Waals surface area (Å²) >= 11 is 0. The Morgan fingerprint density at radius 1 is 0.429 bits per heavy atom. The first kappa shape index (κ1) is 58.3. The fourth-order valence-electron chi connectivity index (χ4n) is 8.61. The number of aliphatic hydroxyl groups is 14. The number of carbonyl (C=O) groups is 3. The molecule has 5 aliphatic rings. The van der Waals surface area contributed by atoms with E-state index >= 15 is 0 Å². The predicted octanol–water partition coefficient (Wildman–Crippen LogP) is -10.3. The Balaban J connectivity index is 1.49. The first-order valence-electron chi connectivity index (χ1n) is 22.5. The molecule has 0 aromatic rings. The molecule has 70 heavy (non-hydrogen) atoms. The first-order chi connectivity index (χ1) is 33.2. The van der Waals surface area contributed by atoms with Gasteiger partial charge in [-0.15, -0.1) is 0 Å². The lowest BCUT2D eigenvalue weighted by atomic mass is 9.94. The number of hydrogen-bond donors (Lipinski definition) is 16. The monoisotopic (exact) mass is 1020 g/mol. The number of hydrogen-bond acceptors (Lipinski definition) is 28. The third-order valence-electron chi connectivity index (χ3n) is 12.4. The summed E-state index contributed by atoms with van der Waals surface area (Å²) in [4.78, 5) is 37.1. The number of nitrogens with one attached hydrogen (secondary N) is 2. The van der Waals surface area contributed by atoms with Crippen molar-refractivity contribution in [3.05, 3.63) is 0 Å². The zero-order valence-corrected chi connectivity index (χ0v) is 38.3. The van der Waals surface area contributed by atoms with Gasteiger partial charge < -0.3 is 134 Å². The van der Waals surface area contributed by atoms with Gasteiger partial charge in [0.1, 0.15) is 122 Å². The van der Waals surface area contributed by atoms with Crippen molar-refractivity contribution in [3.8, 4) is 0 Å². The van der Waals surface area contributed by atoms with Crippen LogP contribution in [0.25, 0.3) is 0 Å². The van der Waals surface area contributed by atoms with Crippen LogP contribution in [0.2, 0.25) is 0 Å². The molecule has 30 heteroatoms. The summed E-state index contributed by atoms with van der Waals surface area (Å²) in [5, 5.41) is 154. The second-order valence-corrected chi connectivity index (χ2v) is 17.3. The number of amides is 2. The molecule has 0 aromatic heterocycles. The summed E-state index contributed by atoms with van der Waals surface area (Å²) in [7, 11) is 1.20. The molecular formula is C40H68N2O28. The maximum atomic E-state index is 12.7. The molecule has 0 bridgehead atoms. The smallest absolute Gasteiger partial charge is 0.305 e. The Labute approximate surface area is 399 Å². The van der Waals surface area contributed by atoms with Gasteiger partial charge in [0.15, 0.2) is 31.5 Å². The summed E-state index contributed by atoms with van der Waals surface area (Å²) in [6, 6.07) is -3.45. The fourth-order valence-corrected chi connectivity index (χ4v) is 8.61. The number of esters is 1. The predicted molar refractivity (Wildman–Crippen MR) is 219 cm³/mol. The molecule has 0 aromatic carbocycles. The van der Waals surface area contributed by atoms with E-state index in [1.165, 1.54) is 7.11 Å². The number of methoxy groups -OCH3 is 1. The van der Waals surface area contributed by atoms with Gasteiger partial charge in [0.25, 0.3) is 0 Å². The highest BCUT2D eigenvalue weighted by Gasteiger charge is 2.58. The number of unbranched alkanes of at least 4 members (excludes halogenated alkanes) is 1. The van der Waals surface area contributed by atoms with Crippen LogP contribution in [0.1, 0.15) is 33.1 Å². The minimum atomic E-state index is -1.98. The molecule has 5 fully saturated rings. The van der Waals surface area contributed by atoms with Crippen molar-refractivity contribution in [2.45, 2.75) is 187 Å². The SMILES string of the molecule is COC(=O)CCCCO[C@@H]1O[C@H](CO)[C@H](O)[C@H](O[C@@H]2O[C@H](CO)[C@@H](O[C@@H]3O[C@H](CO)[C@H](O)[C@H](O)[C@H]3O)[C@H](O)[C@H]2NC(C)=O)[C@H]1O[C@@H]1O[C@H](CO)[C@@H](O[C@@H]2O[C@H](CO)[C@H](O)[C@H](O)[C@H]2O)[C@H](O)[C@H]1NC(C)=O. The van der Waals surface area contributed by atoms with E-state index in [2.05, 4.69) is 15.4 Å². The molecule has 0 radical (unpaired) electrons. The Bertz CT molecular complexity index is 1640. The van der Waals surface area contributed by atoms with E-state index in [1.807, 2.05) is 0 Å². The van der Waals surface area contributed by atoms with Crippen LogP contribution in [-0.2, 0) is 66.5 Å². The van der Waals surface area contributed by atoms with Crippen LogP contribution in [0.15, 0.2) is 0 Å². The van der Waals surface area contributed by atoms with E-state index in [4.69, 9.17) is 47.4 Å². The first-order valence-corrected chi connectivity index (χ1v) is 22.5. The highest BCUT2D eigenvalue weighted by atomic mass is 16.8. The van der Waals surface area contributed by atoms with E-state index in [0.717, 1.165) is 13.8 Å². The highest BCUT2D eigenvalue weighted by Crippen LogP contribution is 2.37. The van der Waals surface area contributed by atoms with Crippen LogP contribution in [-0.4, -0.2) is 289 Å². The number of ether oxygens (including phenoxy) is 11. The molecule has 16 N–H and O–H groups in total. The number of aliphatic hydroxyl groups excluding tert-OH is 14. The summed E-state index contributed by atoms with van der Waals surface area (Å²) in [6.45, 7) is -2.71. The summed E-state index contributed by atoms with van der Waals surface area (Å²) in [5.74, 6) is -2.14. The van der Waals surface area contributed by atoms with Gasteiger partial charge in [0.2, 0.25) is 11.8 Å². The summed E-state index contributed by atoms with van der Waals surface area (Å²) in [6.07, 6.45) is -41.3. The molecule has 5 heterocycles. The molecule has 0 aliphatic carbocycles. The van der Waals surface area contributed by atoms with Gasteiger partial charge in [0.05, 0.1) is 40.1 Å². The molecule has 0 unspecified atom stereocenters. The zero-order valence-electron chi connectivity index (χ0n) is 38.3. The van der Waals surface area contributed by atoms with Crippen LogP contribution < -0.4 is 10.6 Å². The molecular weight excluding hydrogens is 956 g/mol. The van der Waals surface area contributed by atoms with Gasteiger partial charge in [-0.3, -0.25) is 14.4 Å². The molecule has 2 amide bonds. The van der Waals surface area contributed by atoms with Crippen molar-refractivity contribution >= 4 is 17.8 Å². The Morgan fingerprint density at radius 3 is 1.20 bits per heavy atom. The summed E-state index contributed by atoms with van der Waals surface area (Å²) in [5.41, 5.74) is 0. The van der Waals surface area contributed by atoms with E-state index in [-0.39, 0.29) is 25.9 Å². The van der Waals surface area contributed by atoms with Crippen molar-refractivity contribution in [2.24, 2.45) is 0 Å². The van der Waals surface area contributed by atoms with Crippen LogP contribution in [0.4, 0.5) is 0 Å². The van der Waals surface area contributed by atoms with Gasteiger partial charge in [-0.25, -0.2) is 0 Å². The second kappa shape index (κ2) is 26.6.